The molecule has 0 aliphatic carbocycles. The molecule has 0 saturated heterocycles. The molecule has 0 fully saturated rings. The van der Waals surface area contributed by atoms with Crippen LogP contribution in [-0.2, 0) is 17.6 Å². The molecule has 0 saturated carbocycles. The highest BCUT2D eigenvalue weighted by Crippen LogP contribution is 2.43. The molecular weight excluding hydrogens is 444 g/mol. The molecule has 6 nitrogen and oxygen atoms in total. The summed E-state index contributed by atoms with van der Waals surface area (Å²) >= 11 is 3.02. The Labute approximate surface area is 195 Å². The lowest BCUT2D eigenvalue weighted by atomic mass is 9.92. The number of thiophene rings is 2. The zero-order valence-corrected chi connectivity index (χ0v) is 20.2. The van der Waals surface area contributed by atoms with Gasteiger partial charge >= 0.3 is 12.0 Å². The number of hydrogen-bond acceptors (Lipinski definition) is 6. The first-order chi connectivity index (χ1) is 15.5. The molecule has 1 aliphatic rings. The van der Waals surface area contributed by atoms with Crippen molar-refractivity contribution in [3.05, 3.63) is 67.0 Å². The minimum absolute atomic E-state index is 0.200. The molecule has 32 heavy (non-hydrogen) atoms. The van der Waals surface area contributed by atoms with E-state index in [0.29, 0.717) is 17.1 Å². The van der Waals surface area contributed by atoms with Crippen LogP contribution in [0.15, 0.2) is 35.7 Å². The summed E-state index contributed by atoms with van der Waals surface area (Å²) in [5, 5.41) is 4.71. The molecule has 1 atom stereocenters. The number of methoxy groups -OCH3 is 2. The zero-order chi connectivity index (χ0) is 22.8. The van der Waals surface area contributed by atoms with Crippen LogP contribution in [0.1, 0.15) is 49.1 Å². The van der Waals surface area contributed by atoms with Gasteiger partial charge in [-0.3, -0.25) is 0 Å². The molecule has 1 aromatic carbocycles. The highest BCUT2D eigenvalue weighted by Gasteiger charge is 2.35. The molecule has 3 heterocycles. The number of rotatable bonds is 5. The zero-order valence-electron chi connectivity index (χ0n) is 18.6. The summed E-state index contributed by atoms with van der Waals surface area (Å²) in [6, 6.07) is 9.19. The molecular formula is C24H26N2O4S2. The summed E-state index contributed by atoms with van der Waals surface area (Å²) in [5.41, 5.74) is 4.27. The van der Waals surface area contributed by atoms with Gasteiger partial charge in [-0.25, -0.2) is 9.59 Å². The van der Waals surface area contributed by atoms with Crippen LogP contribution in [0, 0.1) is 6.92 Å². The second-order valence-electron chi connectivity index (χ2n) is 7.54. The molecule has 168 valence electrons. The maximum Gasteiger partial charge on any atom is 0.350 e. The van der Waals surface area contributed by atoms with Gasteiger partial charge in [0.1, 0.15) is 10.6 Å². The summed E-state index contributed by atoms with van der Waals surface area (Å²) in [4.78, 5) is 30.3. The fourth-order valence-corrected chi connectivity index (χ4v) is 6.50. The lowest BCUT2D eigenvalue weighted by Gasteiger charge is -2.36. The van der Waals surface area contributed by atoms with E-state index >= 15 is 0 Å². The molecule has 2 aromatic heterocycles. The second kappa shape index (κ2) is 9.34. The Morgan fingerprint density at radius 1 is 1.19 bits per heavy atom. The summed E-state index contributed by atoms with van der Waals surface area (Å²) in [7, 11) is 2.98. The topological polar surface area (TPSA) is 67.9 Å². The third-order valence-corrected chi connectivity index (χ3v) is 7.97. The van der Waals surface area contributed by atoms with Crippen LogP contribution in [0.4, 0.5) is 10.5 Å². The van der Waals surface area contributed by atoms with Gasteiger partial charge in [-0.1, -0.05) is 19.1 Å². The summed E-state index contributed by atoms with van der Waals surface area (Å²) in [6.45, 7) is 4.93. The van der Waals surface area contributed by atoms with Crippen molar-refractivity contribution in [2.75, 3.05) is 26.1 Å². The van der Waals surface area contributed by atoms with E-state index in [1.165, 1.54) is 39.3 Å². The summed E-state index contributed by atoms with van der Waals surface area (Å²) in [6.07, 6.45) is 1.80. The maximum atomic E-state index is 13.5. The number of hydrogen-bond donors (Lipinski definition) is 1. The van der Waals surface area contributed by atoms with Crippen LogP contribution in [0.2, 0.25) is 0 Å². The summed E-state index contributed by atoms with van der Waals surface area (Å²) in [5.74, 6) is 0.322. The van der Waals surface area contributed by atoms with Crippen molar-refractivity contribution in [2.24, 2.45) is 0 Å². The van der Waals surface area contributed by atoms with Gasteiger partial charge in [0.15, 0.2) is 0 Å². The molecule has 2 amide bonds. The Bertz CT molecular complexity index is 1130. The average Bonchev–Trinajstić information content (AvgIpc) is 3.40. The van der Waals surface area contributed by atoms with Crippen molar-refractivity contribution in [3.8, 4) is 5.75 Å². The second-order valence-corrected chi connectivity index (χ2v) is 9.71. The van der Waals surface area contributed by atoms with E-state index in [2.05, 4.69) is 19.2 Å². The Balaban J connectivity index is 1.72. The van der Waals surface area contributed by atoms with Crippen molar-refractivity contribution >= 4 is 40.4 Å². The number of ether oxygens (including phenoxy) is 2. The predicted molar refractivity (Wildman–Crippen MR) is 128 cm³/mol. The standard InChI is InChI=1S/C24H26N2O4S2/c1-5-17-14(2)32-21-18(17)10-12-26(20(21)15-6-8-16(29-3)9-7-15)24(28)25-19-11-13-31-22(19)23(27)30-4/h6-9,11,13,20H,5,10,12H2,1-4H3,(H,25,28)/t20-/m1/s1. The fraction of sp³-hybridized carbons (Fsp3) is 0.333. The number of nitrogens with one attached hydrogen (secondary N) is 1. The molecule has 4 rings (SSSR count). The number of anilines is 1. The van der Waals surface area contributed by atoms with E-state index < -0.39 is 5.97 Å². The van der Waals surface area contributed by atoms with Crippen molar-refractivity contribution in [3.63, 3.8) is 0 Å². The third kappa shape index (κ3) is 4.00. The van der Waals surface area contributed by atoms with E-state index in [1.807, 2.05) is 29.2 Å². The number of aryl methyl sites for hydroxylation is 1. The van der Waals surface area contributed by atoms with Gasteiger partial charge in [0.25, 0.3) is 0 Å². The van der Waals surface area contributed by atoms with Crippen LogP contribution in [-0.4, -0.2) is 37.7 Å². The summed E-state index contributed by atoms with van der Waals surface area (Å²) < 4.78 is 10.2. The van der Waals surface area contributed by atoms with Crippen molar-refractivity contribution in [1.82, 2.24) is 4.90 Å². The van der Waals surface area contributed by atoms with Gasteiger partial charge < -0.3 is 19.7 Å². The average molecular weight is 471 g/mol. The highest BCUT2D eigenvalue weighted by atomic mass is 32.1. The molecule has 8 heteroatoms. The van der Waals surface area contributed by atoms with Crippen molar-refractivity contribution in [2.45, 2.75) is 32.7 Å². The monoisotopic (exact) mass is 470 g/mol. The number of urea groups is 1. The molecule has 3 aromatic rings. The van der Waals surface area contributed by atoms with Crippen LogP contribution < -0.4 is 10.1 Å². The SMILES string of the molecule is CCc1c(C)sc2c1CCN(C(=O)Nc1ccsc1C(=O)OC)[C@@H]2c1ccc(OC)cc1. The van der Waals surface area contributed by atoms with Gasteiger partial charge in [0, 0.05) is 16.3 Å². The molecule has 0 radical (unpaired) electrons. The maximum absolute atomic E-state index is 13.5. The van der Waals surface area contributed by atoms with Gasteiger partial charge in [0.2, 0.25) is 0 Å². The molecule has 1 N–H and O–H groups in total. The quantitative estimate of drug-likeness (QED) is 0.489. The first-order valence-corrected chi connectivity index (χ1v) is 12.2. The highest BCUT2D eigenvalue weighted by molar-refractivity contribution is 7.12. The lowest BCUT2D eigenvalue weighted by Crippen LogP contribution is -2.42. The minimum Gasteiger partial charge on any atom is -0.497 e. The van der Waals surface area contributed by atoms with Crippen molar-refractivity contribution < 1.29 is 19.1 Å². The van der Waals surface area contributed by atoms with Gasteiger partial charge in [-0.2, -0.15) is 0 Å². The van der Waals surface area contributed by atoms with Gasteiger partial charge in [-0.15, -0.1) is 22.7 Å². The van der Waals surface area contributed by atoms with E-state index in [4.69, 9.17) is 9.47 Å². The minimum atomic E-state index is -0.454. The molecule has 1 aliphatic heterocycles. The fourth-order valence-electron chi connectivity index (χ4n) is 4.29. The normalized spacial score (nSPS) is 15.2. The number of esters is 1. The predicted octanol–water partition coefficient (Wildman–Crippen LogP) is 5.66. The van der Waals surface area contributed by atoms with Gasteiger partial charge in [-0.05, 0) is 60.0 Å². The molecule has 0 spiro atoms. The number of benzene rings is 1. The smallest absolute Gasteiger partial charge is 0.350 e. The van der Waals surface area contributed by atoms with E-state index in [1.54, 1.807) is 29.9 Å². The van der Waals surface area contributed by atoms with E-state index in [9.17, 15) is 9.59 Å². The number of nitrogens with zero attached hydrogens (tertiary/aromatic N) is 1. The molecule has 0 bridgehead atoms. The Kier molecular flexibility index (Phi) is 6.53. The number of carbonyl (C=O) groups excluding carboxylic acids is 2. The molecule has 0 unspecified atom stereocenters. The van der Waals surface area contributed by atoms with Crippen LogP contribution >= 0.6 is 22.7 Å². The Morgan fingerprint density at radius 2 is 1.94 bits per heavy atom. The lowest BCUT2D eigenvalue weighted by molar-refractivity contribution is 0.0607. The number of fused-ring (bicyclic) bond motifs is 1. The largest absolute Gasteiger partial charge is 0.497 e. The number of carbonyl (C=O) groups is 2. The first-order valence-electron chi connectivity index (χ1n) is 10.5. The Hall–Kier alpha value is -2.84. The third-order valence-electron chi connectivity index (χ3n) is 5.84. The van der Waals surface area contributed by atoms with Crippen molar-refractivity contribution in [1.29, 1.82) is 0 Å². The first kappa shape index (κ1) is 22.4. The van der Waals surface area contributed by atoms with Gasteiger partial charge in [0.05, 0.1) is 25.9 Å². The van der Waals surface area contributed by atoms with E-state index in [0.717, 1.165) is 24.2 Å². The van der Waals surface area contributed by atoms with Crippen LogP contribution in [0.25, 0.3) is 0 Å². The Morgan fingerprint density at radius 3 is 2.59 bits per heavy atom. The van der Waals surface area contributed by atoms with Crippen LogP contribution in [0.3, 0.4) is 0 Å². The number of amides is 2. The van der Waals surface area contributed by atoms with E-state index in [-0.39, 0.29) is 12.1 Å². The van der Waals surface area contributed by atoms with Crippen LogP contribution in [0.5, 0.6) is 5.75 Å².